The fraction of sp³-hybridized carbons (Fsp3) is 0.0833. The van der Waals surface area contributed by atoms with Crippen LogP contribution in [0.2, 0.25) is 0 Å². The number of rotatable bonds is 6. The summed E-state index contributed by atoms with van der Waals surface area (Å²) >= 11 is 0. The summed E-state index contributed by atoms with van der Waals surface area (Å²) in [4.78, 5) is 14.0. The minimum absolute atomic E-state index is 0. The first-order valence-electron chi connectivity index (χ1n) is 13.3. The Bertz CT molecular complexity index is 1880. The van der Waals surface area contributed by atoms with Gasteiger partial charge in [-0.25, -0.2) is 0 Å². The quantitative estimate of drug-likeness (QED) is 0.169. The summed E-state index contributed by atoms with van der Waals surface area (Å²) in [5, 5.41) is 14.3. The van der Waals surface area contributed by atoms with Crippen molar-refractivity contribution in [3.05, 3.63) is 167 Å². The van der Waals surface area contributed by atoms with Crippen molar-refractivity contribution in [1.29, 1.82) is 5.26 Å². The van der Waals surface area contributed by atoms with Crippen LogP contribution in [0, 0.1) is 49.9 Å². The molecule has 7 heteroatoms. The van der Waals surface area contributed by atoms with Gasteiger partial charge in [-0.05, 0) is 49.0 Å². The number of aryl methyl sites for hydroxylation is 2. The molecule has 0 saturated carbocycles. The number of aromatic nitrogens is 4. The average Bonchev–Trinajstić information content (AvgIpc) is 3.57. The van der Waals surface area contributed by atoms with E-state index in [0.717, 1.165) is 22.3 Å². The van der Waals surface area contributed by atoms with Crippen molar-refractivity contribution in [3.63, 3.8) is 0 Å². The summed E-state index contributed by atoms with van der Waals surface area (Å²) in [5.41, 5.74) is 6.87. The maximum Gasteiger partial charge on any atom is 3.00 e. The molecule has 0 fully saturated rings. The van der Waals surface area contributed by atoms with E-state index in [1.165, 1.54) is 0 Å². The SMILES string of the molecule is [C-]#[N+]c1cc[c-]c(-c2cc(C)cc(C(c3[c-]cccc3)(c3cc(C)cc(-c4[c-]ccc(C#N)c4)n3)n3cccn3)n2)c1.[Ir+3]. The van der Waals surface area contributed by atoms with Crippen LogP contribution in [0.5, 0.6) is 0 Å². The van der Waals surface area contributed by atoms with Crippen LogP contribution in [0.3, 0.4) is 0 Å². The van der Waals surface area contributed by atoms with Crippen molar-refractivity contribution in [1.82, 2.24) is 19.7 Å². The van der Waals surface area contributed by atoms with E-state index in [2.05, 4.69) is 29.1 Å². The second-order valence-electron chi connectivity index (χ2n) is 9.94. The fourth-order valence-corrected chi connectivity index (χ4v) is 5.19. The number of benzene rings is 3. The van der Waals surface area contributed by atoms with Crippen molar-refractivity contribution in [2.75, 3.05) is 0 Å². The van der Waals surface area contributed by atoms with Crippen LogP contribution in [-0.4, -0.2) is 19.7 Å². The second-order valence-corrected chi connectivity index (χ2v) is 9.94. The zero-order valence-electron chi connectivity index (χ0n) is 23.3. The van der Waals surface area contributed by atoms with Crippen LogP contribution in [0.4, 0.5) is 5.69 Å². The second kappa shape index (κ2) is 12.3. The van der Waals surface area contributed by atoms with Crippen LogP contribution in [-0.2, 0) is 25.6 Å². The van der Waals surface area contributed by atoms with Crippen LogP contribution >= 0.6 is 0 Å². The third-order valence-electron chi connectivity index (χ3n) is 7.02. The van der Waals surface area contributed by atoms with Crippen LogP contribution in [0.1, 0.15) is 33.6 Å². The molecule has 0 aliphatic carbocycles. The third kappa shape index (κ3) is 5.53. The summed E-state index contributed by atoms with van der Waals surface area (Å²) in [6.45, 7) is 11.5. The van der Waals surface area contributed by atoms with Gasteiger partial charge in [0.1, 0.15) is 11.2 Å². The van der Waals surface area contributed by atoms with Gasteiger partial charge < -0.3 is 0 Å². The molecule has 206 valence electrons. The fourth-order valence-electron chi connectivity index (χ4n) is 5.19. The molecule has 0 spiro atoms. The molecular weight excluding hydrogens is 709 g/mol. The van der Waals surface area contributed by atoms with Gasteiger partial charge in [-0.1, -0.05) is 23.3 Å². The molecular formula is C36H23IrN6. The van der Waals surface area contributed by atoms with E-state index < -0.39 is 5.54 Å². The predicted molar refractivity (Wildman–Crippen MR) is 160 cm³/mol. The first-order valence-corrected chi connectivity index (χ1v) is 13.3. The van der Waals surface area contributed by atoms with E-state index in [9.17, 15) is 5.26 Å². The Balaban J connectivity index is 0.00000368. The van der Waals surface area contributed by atoms with E-state index in [1.807, 2.05) is 79.3 Å². The summed E-state index contributed by atoms with van der Waals surface area (Å²) in [6, 6.07) is 40.4. The molecule has 0 amide bonds. The van der Waals surface area contributed by atoms with Gasteiger partial charge in [-0.3, -0.25) is 19.5 Å². The third-order valence-corrected chi connectivity index (χ3v) is 7.02. The molecule has 0 bridgehead atoms. The first kappa shape index (κ1) is 29.3. The van der Waals surface area contributed by atoms with Gasteiger partial charge in [0, 0.05) is 12.4 Å². The molecule has 0 N–H and O–H groups in total. The Morgan fingerprint density at radius 3 is 2.07 bits per heavy atom. The van der Waals surface area contributed by atoms with E-state index >= 15 is 0 Å². The van der Waals surface area contributed by atoms with Crippen molar-refractivity contribution in [2.24, 2.45) is 0 Å². The van der Waals surface area contributed by atoms with Gasteiger partial charge in [0.05, 0.1) is 24.0 Å². The number of pyridine rings is 2. The Morgan fingerprint density at radius 2 is 1.49 bits per heavy atom. The summed E-state index contributed by atoms with van der Waals surface area (Å²) < 4.78 is 1.87. The molecule has 43 heavy (non-hydrogen) atoms. The van der Waals surface area contributed by atoms with Crippen LogP contribution in [0.25, 0.3) is 27.4 Å². The predicted octanol–water partition coefficient (Wildman–Crippen LogP) is 7.28. The largest absolute Gasteiger partial charge is 3.00 e. The van der Waals surface area contributed by atoms with Crippen molar-refractivity contribution < 1.29 is 20.1 Å². The molecule has 3 heterocycles. The topological polar surface area (TPSA) is 71.8 Å². The molecule has 0 aliphatic heterocycles. The minimum Gasteiger partial charge on any atom is -0.298 e. The number of hydrogen-bond acceptors (Lipinski definition) is 4. The van der Waals surface area contributed by atoms with Crippen molar-refractivity contribution in [2.45, 2.75) is 19.4 Å². The number of hydrogen-bond donors (Lipinski definition) is 0. The maximum atomic E-state index is 9.52. The summed E-state index contributed by atoms with van der Waals surface area (Å²) in [6.07, 6.45) is 3.64. The molecule has 1 unspecified atom stereocenters. The van der Waals surface area contributed by atoms with Gasteiger partial charge in [0.2, 0.25) is 0 Å². The van der Waals surface area contributed by atoms with Crippen LogP contribution < -0.4 is 0 Å². The van der Waals surface area contributed by atoms with Gasteiger partial charge in [-0.2, -0.15) is 46.8 Å². The van der Waals surface area contributed by atoms with Crippen molar-refractivity contribution in [3.8, 4) is 28.6 Å². The Morgan fingerprint density at radius 1 is 0.814 bits per heavy atom. The Labute approximate surface area is 264 Å². The Kier molecular flexibility index (Phi) is 8.41. The smallest absolute Gasteiger partial charge is 0.298 e. The summed E-state index contributed by atoms with van der Waals surface area (Å²) in [5.74, 6) is 0. The molecule has 3 aromatic carbocycles. The molecule has 0 saturated heterocycles. The minimum atomic E-state index is -1.11. The standard InChI is InChI=1S/C36H23N6.Ir/c1-25-18-32(28-11-7-10-27(22-28)24-37)40-34(20-25)36(42-17-9-16-39-42,30-13-5-4-6-14-30)35-21-26(2)19-33(41-35)29-12-8-15-31(23-29)38-3;/h4-10,13,15-23H,1-2H3;/q-3;+3. The molecule has 6 nitrogen and oxygen atoms in total. The van der Waals surface area contributed by atoms with E-state index in [1.54, 1.807) is 42.6 Å². The van der Waals surface area contributed by atoms with Crippen LogP contribution in [0.15, 0.2) is 103 Å². The van der Waals surface area contributed by atoms with E-state index in [-0.39, 0.29) is 20.1 Å². The van der Waals surface area contributed by atoms with E-state index in [0.29, 0.717) is 39.6 Å². The number of nitriles is 1. The normalized spacial score (nSPS) is 11.9. The molecule has 0 radical (unpaired) electrons. The zero-order chi connectivity index (χ0) is 29.1. The van der Waals surface area contributed by atoms with Gasteiger partial charge in [0.25, 0.3) is 0 Å². The monoisotopic (exact) mass is 732 g/mol. The molecule has 6 rings (SSSR count). The average molecular weight is 732 g/mol. The Hall–Kier alpha value is -5.20. The maximum absolute atomic E-state index is 9.52. The molecule has 3 aromatic heterocycles. The summed E-state index contributed by atoms with van der Waals surface area (Å²) in [7, 11) is 0. The molecule has 0 aliphatic rings. The molecule has 6 aromatic rings. The van der Waals surface area contributed by atoms with Gasteiger partial charge in [-0.15, -0.1) is 59.2 Å². The zero-order valence-corrected chi connectivity index (χ0v) is 25.7. The number of nitrogens with zero attached hydrogens (tertiary/aromatic N) is 6. The van der Waals surface area contributed by atoms with Gasteiger partial charge >= 0.3 is 20.1 Å². The van der Waals surface area contributed by atoms with Crippen molar-refractivity contribution >= 4 is 5.69 Å². The van der Waals surface area contributed by atoms with E-state index in [4.69, 9.17) is 21.6 Å². The van der Waals surface area contributed by atoms with Gasteiger partial charge in [0.15, 0.2) is 0 Å². The molecule has 1 atom stereocenters. The first-order chi connectivity index (χ1) is 20.5.